The van der Waals surface area contributed by atoms with E-state index in [1.807, 2.05) is 13.1 Å². The fourth-order valence-electron chi connectivity index (χ4n) is 1.58. The lowest BCUT2D eigenvalue weighted by Gasteiger charge is -2.05. The zero-order chi connectivity index (χ0) is 13.0. The molecule has 0 aliphatic carbocycles. The maximum Gasteiger partial charge on any atom is 0.297 e. The lowest BCUT2D eigenvalue weighted by atomic mass is 10.4. The molecule has 1 amide bonds. The summed E-state index contributed by atoms with van der Waals surface area (Å²) in [5, 5.41) is 0. The van der Waals surface area contributed by atoms with Crippen LogP contribution in [0, 0.1) is 6.92 Å². The Kier molecular flexibility index (Phi) is 3.88. The first kappa shape index (κ1) is 12.5. The summed E-state index contributed by atoms with van der Waals surface area (Å²) < 4.78 is 1.77. The fourth-order valence-corrected chi connectivity index (χ4v) is 1.58. The predicted molar refractivity (Wildman–Crippen MR) is 66.1 cm³/mol. The van der Waals surface area contributed by atoms with Crippen molar-refractivity contribution in [2.75, 3.05) is 6.61 Å². The molecule has 2 aromatic rings. The molecule has 1 N–H and O–H groups in total. The van der Waals surface area contributed by atoms with Gasteiger partial charge in [0.15, 0.2) is 11.3 Å². The summed E-state index contributed by atoms with van der Waals surface area (Å²) >= 11 is 0. The summed E-state index contributed by atoms with van der Waals surface area (Å²) in [7, 11) is 0. The monoisotopic (exact) mass is 248 g/mol. The molecule has 0 aliphatic rings. The Bertz CT molecular complexity index is 550. The van der Waals surface area contributed by atoms with Crippen molar-refractivity contribution in [1.29, 1.82) is 0 Å². The zero-order valence-electron chi connectivity index (χ0n) is 10.5. The molecule has 0 saturated heterocycles. The van der Waals surface area contributed by atoms with Crippen LogP contribution in [0.4, 0.5) is 0 Å². The highest BCUT2D eigenvalue weighted by atomic mass is 16.6. The van der Waals surface area contributed by atoms with E-state index in [0.29, 0.717) is 12.3 Å². The van der Waals surface area contributed by atoms with Gasteiger partial charge in [-0.15, -0.1) is 0 Å². The maximum absolute atomic E-state index is 11.9. The van der Waals surface area contributed by atoms with Crippen LogP contribution < -0.4 is 5.48 Å². The molecule has 2 heterocycles. The molecule has 0 bridgehead atoms. The van der Waals surface area contributed by atoms with Crippen LogP contribution in [0.2, 0.25) is 0 Å². The van der Waals surface area contributed by atoms with E-state index < -0.39 is 0 Å². The van der Waals surface area contributed by atoms with Gasteiger partial charge in [-0.25, -0.2) is 15.4 Å². The van der Waals surface area contributed by atoms with Crippen LogP contribution in [-0.2, 0) is 4.84 Å². The van der Waals surface area contributed by atoms with Gasteiger partial charge in [0.05, 0.1) is 12.3 Å². The normalized spacial score (nSPS) is 10.8. The van der Waals surface area contributed by atoms with E-state index in [-0.39, 0.29) is 11.6 Å². The number of nitrogens with zero attached hydrogens (tertiary/aromatic N) is 3. The summed E-state index contributed by atoms with van der Waals surface area (Å²) in [6.45, 7) is 4.42. The number of carbonyl (C=O) groups is 1. The van der Waals surface area contributed by atoms with Crippen molar-refractivity contribution >= 4 is 11.6 Å². The summed E-state index contributed by atoms with van der Waals surface area (Å²) in [5.74, 6) is -0.373. The molecular formula is C12H16N4O2. The van der Waals surface area contributed by atoms with E-state index in [1.165, 1.54) is 0 Å². The molecular weight excluding hydrogens is 232 g/mol. The number of aryl methyl sites for hydroxylation is 1. The number of rotatable bonds is 5. The summed E-state index contributed by atoms with van der Waals surface area (Å²) in [5.41, 5.74) is 4.02. The van der Waals surface area contributed by atoms with Gasteiger partial charge in [0.2, 0.25) is 0 Å². The minimum Gasteiger partial charge on any atom is -0.303 e. The molecule has 0 spiro atoms. The fraction of sp³-hybridized carbons (Fsp3) is 0.417. The largest absolute Gasteiger partial charge is 0.303 e. The van der Waals surface area contributed by atoms with Crippen molar-refractivity contribution in [2.45, 2.75) is 26.7 Å². The molecule has 6 heteroatoms. The zero-order valence-corrected chi connectivity index (χ0v) is 10.5. The average Bonchev–Trinajstić information content (AvgIpc) is 2.74. The van der Waals surface area contributed by atoms with E-state index >= 15 is 0 Å². The van der Waals surface area contributed by atoms with Crippen LogP contribution in [0.1, 0.15) is 35.9 Å². The maximum atomic E-state index is 11.9. The van der Waals surface area contributed by atoms with Gasteiger partial charge in [0.1, 0.15) is 0 Å². The summed E-state index contributed by atoms with van der Waals surface area (Å²) in [6, 6.07) is 0. The number of amides is 1. The third-order valence-electron chi connectivity index (χ3n) is 2.48. The molecule has 0 radical (unpaired) electrons. The number of hydroxylamine groups is 1. The van der Waals surface area contributed by atoms with Gasteiger partial charge in [-0.2, -0.15) is 0 Å². The highest BCUT2D eigenvalue weighted by Crippen LogP contribution is 2.07. The van der Waals surface area contributed by atoms with Gasteiger partial charge in [0.25, 0.3) is 5.91 Å². The number of hydrogen-bond donors (Lipinski definition) is 1. The Hall–Kier alpha value is -1.95. The number of hydrogen-bond acceptors (Lipinski definition) is 4. The van der Waals surface area contributed by atoms with E-state index in [0.717, 1.165) is 18.5 Å². The first-order chi connectivity index (χ1) is 8.72. The average molecular weight is 248 g/mol. The lowest BCUT2D eigenvalue weighted by molar-refractivity contribution is 0.0298. The van der Waals surface area contributed by atoms with E-state index in [2.05, 4.69) is 22.4 Å². The Balaban J connectivity index is 2.12. The Morgan fingerprint density at radius 1 is 1.56 bits per heavy atom. The molecule has 0 fully saturated rings. The van der Waals surface area contributed by atoms with E-state index in [4.69, 9.17) is 4.84 Å². The number of unbranched alkanes of at least 4 members (excludes halogenated alkanes) is 1. The van der Waals surface area contributed by atoms with Gasteiger partial charge in [0, 0.05) is 18.6 Å². The standard InChI is InChI=1S/C12H16N4O2/c1-3-4-7-18-15-12(17)10-11-14-9(2)8-16(11)6-5-13-10/h5-6,8H,3-4,7H2,1-2H3,(H,15,17). The first-order valence-corrected chi connectivity index (χ1v) is 5.95. The molecule has 0 aliphatic heterocycles. The molecule has 0 aromatic carbocycles. The molecule has 0 atom stereocenters. The first-order valence-electron chi connectivity index (χ1n) is 5.95. The van der Waals surface area contributed by atoms with Gasteiger partial charge in [-0.05, 0) is 13.3 Å². The van der Waals surface area contributed by atoms with Crippen LogP contribution >= 0.6 is 0 Å². The molecule has 2 aromatic heterocycles. The minimum atomic E-state index is -0.373. The van der Waals surface area contributed by atoms with Crippen LogP contribution in [0.25, 0.3) is 5.65 Å². The number of fused-ring (bicyclic) bond motifs is 1. The number of nitrogens with one attached hydrogen (secondary N) is 1. The molecule has 6 nitrogen and oxygen atoms in total. The van der Waals surface area contributed by atoms with Crippen molar-refractivity contribution in [3.8, 4) is 0 Å². The molecule has 0 saturated carbocycles. The Labute approximate surface area is 105 Å². The van der Waals surface area contributed by atoms with Crippen molar-refractivity contribution in [3.63, 3.8) is 0 Å². The number of imidazole rings is 1. The van der Waals surface area contributed by atoms with Crippen molar-refractivity contribution in [2.24, 2.45) is 0 Å². The molecule has 0 unspecified atom stereocenters. The summed E-state index contributed by atoms with van der Waals surface area (Å²) in [4.78, 5) is 25.3. The quantitative estimate of drug-likeness (QED) is 0.643. The van der Waals surface area contributed by atoms with Crippen molar-refractivity contribution in [1.82, 2.24) is 19.8 Å². The molecule has 2 rings (SSSR count). The van der Waals surface area contributed by atoms with Crippen LogP contribution in [0.3, 0.4) is 0 Å². The van der Waals surface area contributed by atoms with Crippen LogP contribution in [-0.4, -0.2) is 26.9 Å². The second kappa shape index (κ2) is 5.59. The second-order valence-corrected chi connectivity index (χ2v) is 4.02. The van der Waals surface area contributed by atoms with Crippen molar-refractivity contribution in [3.05, 3.63) is 30.0 Å². The van der Waals surface area contributed by atoms with Crippen LogP contribution in [0.5, 0.6) is 0 Å². The van der Waals surface area contributed by atoms with Gasteiger partial charge in [-0.1, -0.05) is 13.3 Å². The van der Waals surface area contributed by atoms with E-state index in [1.54, 1.807) is 16.8 Å². The minimum absolute atomic E-state index is 0.266. The second-order valence-electron chi connectivity index (χ2n) is 4.02. The highest BCUT2D eigenvalue weighted by Gasteiger charge is 2.13. The topological polar surface area (TPSA) is 68.5 Å². The molecule has 96 valence electrons. The third-order valence-corrected chi connectivity index (χ3v) is 2.48. The van der Waals surface area contributed by atoms with Crippen molar-refractivity contribution < 1.29 is 9.63 Å². The summed E-state index contributed by atoms with van der Waals surface area (Å²) in [6.07, 6.45) is 7.08. The van der Waals surface area contributed by atoms with E-state index in [9.17, 15) is 4.79 Å². The SMILES string of the molecule is CCCCONC(=O)c1nccn2cc(C)nc12. The third kappa shape index (κ3) is 2.65. The Morgan fingerprint density at radius 2 is 2.39 bits per heavy atom. The number of aromatic nitrogens is 3. The van der Waals surface area contributed by atoms with Gasteiger partial charge >= 0.3 is 0 Å². The predicted octanol–water partition coefficient (Wildman–Crippen LogP) is 1.50. The lowest BCUT2D eigenvalue weighted by Crippen LogP contribution is -2.25. The highest BCUT2D eigenvalue weighted by molar-refractivity contribution is 5.97. The Morgan fingerprint density at radius 3 is 3.17 bits per heavy atom. The molecule has 18 heavy (non-hydrogen) atoms. The van der Waals surface area contributed by atoms with Gasteiger partial charge in [-0.3, -0.25) is 9.63 Å². The number of carbonyl (C=O) groups excluding carboxylic acids is 1. The van der Waals surface area contributed by atoms with Crippen LogP contribution in [0.15, 0.2) is 18.6 Å². The van der Waals surface area contributed by atoms with Gasteiger partial charge < -0.3 is 4.40 Å². The smallest absolute Gasteiger partial charge is 0.297 e.